The predicted molar refractivity (Wildman–Crippen MR) is 175 cm³/mol. The molecule has 0 unspecified atom stereocenters. The highest BCUT2D eigenvalue weighted by Crippen LogP contribution is 2.43. The number of nitrogens with zero attached hydrogens (tertiary/aromatic N) is 2. The number of imidazole rings is 1. The number of hydrogen-bond donors (Lipinski definition) is 0. The van der Waals surface area contributed by atoms with Crippen LogP contribution in [0.1, 0.15) is 17.0 Å². The van der Waals surface area contributed by atoms with E-state index in [-0.39, 0.29) is 0 Å². The van der Waals surface area contributed by atoms with Crippen LogP contribution in [0, 0.1) is 13.8 Å². The Morgan fingerprint density at radius 1 is 0.610 bits per heavy atom. The largest absolute Gasteiger partial charge is 0.293 e. The van der Waals surface area contributed by atoms with Crippen molar-refractivity contribution in [2.75, 3.05) is 0 Å². The number of aromatic nitrogens is 2. The first kappa shape index (κ1) is 23.7. The van der Waals surface area contributed by atoms with Gasteiger partial charge in [-0.2, -0.15) is 0 Å². The average molecular weight is 525 g/mol. The molecule has 41 heavy (non-hydrogen) atoms. The third-order valence-electron chi connectivity index (χ3n) is 8.52. The molecule has 0 aliphatic rings. The highest BCUT2D eigenvalue weighted by Gasteiger charge is 2.20. The zero-order valence-corrected chi connectivity index (χ0v) is 23.1. The molecule has 194 valence electrons. The van der Waals surface area contributed by atoms with Crippen molar-refractivity contribution >= 4 is 49.2 Å². The van der Waals surface area contributed by atoms with Crippen molar-refractivity contribution in [2.45, 2.75) is 13.8 Å². The molecule has 0 bridgehead atoms. The Hall–Kier alpha value is -5.21. The van der Waals surface area contributed by atoms with Crippen LogP contribution in [-0.4, -0.2) is 9.55 Å². The molecule has 7 aromatic carbocycles. The van der Waals surface area contributed by atoms with Gasteiger partial charge in [0, 0.05) is 11.3 Å². The van der Waals surface area contributed by atoms with Gasteiger partial charge < -0.3 is 0 Å². The normalized spacial score (nSPS) is 11.8. The van der Waals surface area contributed by atoms with Crippen molar-refractivity contribution in [1.82, 2.24) is 9.55 Å². The molecule has 0 aliphatic carbocycles. The summed E-state index contributed by atoms with van der Waals surface area (Å²) in [5.41, 5.74) is 7.98. The first-order valence-electron chi connectivity index (χ1n) is 14.1. The predicted octanol–water partition coefficient (Wildman–Crippen LogP) is 10.5. The lowest BCUT2D eigenvalue weighted by atomic mass is 9.88. The van der Waals surface area contributed by atoms with Crippen LogP contribution in [0.2, 0.25) is 0 Å². The number of fused-ring (bicyclic) bond motifs is 1. The molecule has 8 aromatic rings. The molecular weight excluding hydrogens is 496 g/mol. The van der Waals surface area contributed by atoms with E-state index in [1.54, 1.807) is 0 Å². The van der Waals surface area contributed by atoms with Crippen molar-refractivity contribution in [3.8, 4) is 28.2 Å². The van der Waals surface area contributed by atoms with Crippen molar-refractivity contribution in [3.63, 3.8) is 0 Å². The van der Waals surface area contributed by atoms with E-state index in [4.69, 9.17) is 4.98 Å². The standard InChI is InChI=1S/C39H28N2/c1-4-36-25(3)40-39(41(36)31-8-6-5-7-9-31)35-21-17-27-15-19-33-32(18-14-26-16-20-34(35)38(27)37(26)33)30-13-12-28-22-24(2)10-11-29(28)23-30/h4-23H,1H2,2-3H3. The number of rotatable bonds is 4. The van der Waals surface area contributed by atoms with Gasteiger partial charge in [0.15, 0.2) is 0 Å². The molecular formula is C39H28N2. The molecule has 8 rings (SSSR count). The molecule has 0 saturated heterocycles. The first-order valence-corrected chi connectivity index (χ1v) is 14.1. The maximum Gasteiger partial charge on any atom is 0.145 e. The number of aryl methyl sites for hydroxylation is 2. The molecule has 0 spiro atoms. The molecule has 2 heteroatoms. The summed E-state index contributed by atoms with van der Waals surface area (Å²) in [6, 6.07) is 42.1. The Morgan fingerprint density at radius 3 is 1.95 bits per heavy atom. The Balaban J connectivity index is 1.41. The Labute approximate surface area is 239 Å². The number of hydrogen-bond acceptors (Lipinski definition) is 1. The lowest BCUT2D eigenvalue weighted by Crippen LogP contribution is -2.00. The third kappa shape index (κ3) is 3.54. The van der Waals surface area contributed by atoms with Crippen molar-refractivity contribution in [3.05, 3.63) is 139 Å². The maximum absolute atomic E-state index is 5.10. The van der Waals surface area contributed by atoms with E-state index in [1.807, 2.05) is 12.1 Å². The van der Waals surface area contributed by atoms with Gasteiger partial charge in [0.1, 0.15) is 5.82 Å². The van der Waals surface area contributed by atoms with E-state index in [0.717, 1.165) is 28.5 Å². The molecule has 0 saturated carbocycles. The zero-order valence-electron chi connectivity index (χ0n) is 23.1. The maximum atomic E-state index is 5.10. The van der Waals surface area contributed by atoms with E-state index < -0.39 is 0 Å². The lowest BCUT2D eigenvalue weighted by Gasteiger charge is -2.17. The van der Waals surface area contributed by atoms with Crippen molar-refractivity contribution in [1.29, 1.82) is 0 Å². The summed E-state index contributed by atoms with van der Waals surface area (Å²) in [5.74, 6) is 0.937. The first-order chi connectivity index (χ1) is 20.1. The quantitative estimate of drug-likeness (QED) is 0.209. The molecule has 0 atom stereocenters. The van der Waals surface area contributed by atoms with Gasteiger partial charge in [-0.1, -0.05) is 103 Å². The minimum Gasteiger partial charge on any atom is -0.293 e. The molecule has 0 aliphatic heterocycles. The fourth-order valence-corrected chi connectivity index (χ4v) is 6.58. The van der Waals surface area contributed by atoms with Crippen LogP contribution in [-0.2, 0) is 0 Å². The topological polar surface area (TPSA) is 17.8 Å². The summed E-state index contributed by atoms with van der Waals surface area (Å²) >= 11 is 0. The summed E-state index contributed by atoms with van der Waals surface area (Å²) in [6.07, 6.45) is 1.91. The van der Waals surface area contributed by atoms with Crippen LogP contribution in [0.4, 0.5) is 0 Å². The second kappa shape index (κ2) is 8.90. The van der Waals surface area contributed by atoms with Crippen LogP contribution < -0.4 is 0 Å². The molecule has 1 heterocycles. The summed E-state index contributed by atoms with van der Waals surface area (Å²) in [7, 11) is 0. The Morgan fingerprint density at radius 2 is 1.22 bits per heavy atom. The van der Waals surface area contributed by atoms with Gasteiger partial charge in [-0.25, -0.2) is 4.98 Å². The average Bonchev–Trinajstić information content (AvgIpc) is 3.35. The van der Waals surface area contributed by atoms with Crippen LogP contribution in [0.25, 0.3) is 77.4 Å². The summed E-state index contributed by atoms with van der Waals surface area (Å²) in [5, 5.41) is 10.1. The SMILES string of the molecule is C=Cc1c(C)nc(-c2ccc3ccc4c(-c5ccc6cc(C)ccc6c5)ccc5ccc2c3c54)n1-c1ccccc1. The molecule has 0 fully saturated rings. The number of para-hydroxylation sites is 1. The van der Waals surface area contributed by atoms with Gasteiger partial charge in [0.2, 0.25) is 0 Å². The van der Waals surface area contributed by atoms with E-state index in [9.17, 15) is 0 Å². The molecule has 0 radical (unpaired) electrons. The highest BCUT2D eigenvalue weighted by atomic mass is 15.1. The van der Waals surface area contributed by atoms with E-state index in [2.05, 4.69) is 134 Å². The van der Waals surface area contributed by atoms with Crippen molar-refractivity contribution in [2.24, 2.45) is 0 Å². The van der Waals surface area contributed by atoms with Crippen LogP contribution >= 0.6 is 0 Å². The van der Waals surface area contributed by atoms with E-state index in [0.29, 0.717) is 0 Å². The Bertz CT molecular complexity index is 2290. The third-order valence-corrected chi connectivity index (χ3v) is 8.52. The van der Waals surface area contributed by atoms with E-state index in [1.165, 1.54) is 59.8 Å². The number of benzene rings is 7. The lowest BCUT2D eigenvalue weighted by molar-refractivity contribution is 1.06. The van der Waals surface area contributed by atoms with Crippen LogP contribution in [0.15, 0.2) is 122 Å². The van der Waals surface area contributed by atoms with Gasteiger partial charge in [0.25, 0.3) is 0 Å². The summed E-state index contributed by atoms with van der Waals surface area (Å²) in [4.78, 5) is 5.10. The van der Waals surface area contributed by atoms with Gasteiger partial charge in [0.05, 0.1) is 11.4 Å². The van der Waals surface area contributed by atoms with Crippen LogP contribution in [0.5, 0.6) is 0 Å². The fourth-order valence-electron chi connectivity index (χ4n) is 6.58. The van der Waals surface area contributed by atoms with E-state index >= 15 is 0 Å². The summed E-state index contributed by atoms with van der Waals surface area (Å²) < 4.78 is 2.23. The molecule has 2 nitrogen and oxygen atoms in total. The fraction of sp³-hybridized carbons (Fsp3) is 0.0513. The van der Waals surface area contributed by atoms with Crippen molar-refractivity contribution < 1.29 is 0 Å². The molecule has 0 amide bonds. The van der Waals surface area contributed by atoms with Gasteiger partial charge in [-0.3, -0.25) is 4.57 Å². The minimum absolute atomic E-state index is 0.937. The van der Waals surface area contributed by atoms with Gasteiger partial charge >= 0.3 is 0 Å². The second-order valence-corrected chi connectivity index (χ2v) is 11.0. The van der Waals surface area contributed by atoms with Gasteiger partial charge in [-0.05, 0) is 98.4 Å². The molecule has 0 N–H and O–H groups in total. The monoisotopic (exact) mass is 524 g/mol. The second-order valence-electron chi connectivity index (χ2n) is 11.0. The Kier molecular flexibility index (Phi) is 5.14. The van der Waals surface area contributed by atoms with Gasteiger partial charge in [-0.15, -0.1) is 0 Å². The highest BCUT2D eigenvalue weighted by molar-refractivity contribution is 6.27. The minimum atomic E-state index is 0.937. The zero-order chi connectivity index (χ0) is 27.7. The van der Waals surface area contributed by atoms with Crippen LogP contribution in [0.3, 0.4) is 0 Å². The summed E-state index contributed by atoms with van der Waals surface area (Å²) in [6.45, 7) is 8.32. The molecule has 1 aromatic heterocycles. The smallest absolute Gasteiger partial charge is 0.145 e.